The molecule has 0 amide bonds. The van der Waals surface area contributed by atoms with Gasteiger partial charge in [0, 0.05) is 17.8 Å². The van der Waals surface area contributed by atoms with Gasteiger partial charge in [-0.1, -0.05) is 0 Å². The van der Waals surface area contributed by atoms with E-state index in [1.54, 1.807) is 6.92 Å². The molecular formula is C3H5ClNO2. The molecule has 0 heterocycles. The van der Waals surface area contributed by atoms with Gasteiger partial charge in [-0.15, -0.1) is 0 Å². The standard InChI is InChI=1S/C3H5ClO2.N/c1-2-6-3(4)5;/h2H2,1H3;. The van der Waals surface area contributed by atoms with Gasteiger partial charge in [0.1, 0.15) is 0 Å². The van der Waals surface area contributed by atoms with Crippen molar-refractivity contribution in [2.24, 2.45) is 0 Å². The van der Waals surface area contributed by atoms with Crippen LogP contribution in [0.25, 0.3) is 0 Å². The van der Waals surface area contributed by atoms with Crippen LogP contribution >= 0.6 is 11.6 Å². The Bertz CT molecular complexity index is 56.9. The van der Waals surface area contributed by atoms with Gasteiger partial charge in [0.2, 0.25) is 0 Å². The molecule has 0 aromatic heterocycles. The summed E-state index contributed by atoms with van der Waals surface area (Å²) in [6.07, 6.45) is 0. The Morgan fingerprint density at radius 3 is 2.29 bits per heavy atom. The number of ether oxygens (including phenoxy) is 1. The number of nitrogens with zero attached hydrogens (tertiary/aromatic N) is 1. The Kier molecular flexibility index (Phi) is 8.06. The summed E-state index contributed by atoms with van der Waals surface area (Å²) in [5.41, 5.74) is -0.738. The molecule has 0 saturated carbocycles. The molecule has 0 aliphatic heterocycles. The Morgan fingerprint density at radius 2 is 2.29 bits per heavy atom. The van der Waals surface area contributed by atoms with E-state index in [1.807, 2.05) is 0 Å². The first-order valence-electron chi connectivity index (χ1n) is 1.59. The second-order valence-corrected chi connectivity index (χ2v) is 0.979. The van der Waals surface area contributed by atoms with E-state index in [9.17, 15) is 4.79 Å². The summed E-state index contributed by atoms with van der Waals surface area (Å²) in [4.78, 5) is 9.59. The number of hydrogen-bond acceptors (Lipinski definition) is 2. The molecule has 41 valence electrons. The Hall–Kier alpha value is -0.280. The molecule has 7 heavy (non-hydrogen) atoms. The summed E-state index contributed by atoms with van der Waals surface area (Å²) >= 11 is 4.72. The van der Waals surface area contributed by atoms with Crippen LogP contribution in [0.2, 0.25) is 0 Å². The van der Waals surface area contributed by atoms with Crippen LogP contribution in [0, 0.1) is 0 Å². The summed E-state index contributed by atoms with van der Waals surface area (Å²) in [6.45, 7) is 2.04. The van der Waals surface area contributed by atoms with Gasteiger partial charge in [-0.05, 0) is 6.92 Å². The first-order chi connectivity index (χ1) is 2.77. The highest BCUT2D eigenvalue weighted by atomic mass is 35.5. The molecule has 0 rings (SSSR count). The van der Waals surface area contributed by atoms with Gasteiger partial charge >= 0.3 is 5.43 Å². The van der Waals surface area contributed by atoms with E-state index in [4.69, 9.17) is 11.6 Å². The lowest BCUT2D eigenvalue weighted by Crippen LogP contribution is -1.89. The quantitative estimate of drug-likeness (QED) is 0.485. The molecule has 0 aromatic rings. The van der Waals surface area contributed by atoms with Crippen molar-refractivity contribution in [1.29, 1.82) is 0 Å². The fourth-order valence-corrected chi connectivity index (χ4v) is 0.223. The van der Waals surface area contributed by atoms with Crippen LogP contribution in [-0.4, -0.2) is 12.0 Å². The first kappa shape index (κ1) is 9.87. The van der Waals surface area contributed by atoms with E-state index in [2.05, 4.69) is 4.74 Å². The second-order valence-electron chi connectivity index (χ2n) is 0.671. The minimum atomic E-state index is -0.738. The molecule has 0 aromatic carbocycles. The lowest BCUT2D eigenvalue weighted by atomic mass is 10.9. The maximum Gasteiger partial charge on any atom is 0.403 e. The van der Waals surface area contributed by atoms with Crippen LogP contribution in [0.1, 0.15) is 6.92 Å². The van der Waals surface area contributed by atoms with E-state index in [-0.39, 0.29) is 6.15 Å². The predicted molar refractivity (Wildman–Crippen MR) is 25.0 cm³/mol. The van der Waals surface area contributed by atoms with Gasteiger partial charge in [-0.25, -0.2) is 4.79 Å². The second kappa shape index (κ2) is 5.72. The Morgan fingerprint density at radius 1 is 1.86 bits per heavy atom. The van der Waals surface area contributed by atoms with Crippen LogP contribution in [0.3, 0.4) is 0 Å². The van der Waals surface area contributed by atoms with Gasteiger partial charge in [0.05, 0.1) is 6.61 Å². The summed E-state index contributed by atoms with van der Waals surface area (Å²) in [5, 5.41) is 0. The van der Waals surface area contributed by atoms with Gasteiger partial charge in [-0.3, -0.25) is 0 Å². The molecule has 3 radical (unpaired) electrons. The minimum Gasteiger partial charge on any atom is -0.454 e. The van der Waals surface area contributed by atoms with Gasteiger partial charge in [-0.2, -0.15) is 0 Å². The highest BCUT2D eigenvalue weighted by Gasteiger charge is 1.85. The first-order valence-corrected chi connectivity index (χ1v) is 1.97. The fourth-order valence-electron chi connectivity index (χ4n) is 0.113. The van der Waals surface area contributed by atoms with Gasteiger partial charge < -0.3 is 4.74 Å². The maximum absolute atomic E-state index is 9.59. The minimum absolute atomic E-state index is 0. The molecule has 0 fully saturated rings. The van der Waals surface area contributed by atoms with Crippen molar-refractivity contribution in [2.75, 3.05) is 6.61 Å². The van der Waals surface area contributed by atoms with Crippen molar-refractivity contribution < 1.29 is 9.53 Å². The van der Waals surface area contributed by atoms with Crippen molar-refractivity contribution in [3.8, 4) is 0 Å². The molecule has 4 heteroatoms. The van der Waals surface area contributed by atoms with Crippen LogP contribution in [-0.2, 0) is 4.74 Å². The third-order valence-corrected chi connectivity index (χ3v) is 0.367. The highest BCUT2D eigenvalue weighted by Crippen LogP contribution is 1.82. The average molecular weight is 123 g/mol. The van der Waals surface area contributed by atoms with Crippen molar-refractivity contribution in [3.05, 3.63) is 0 Å². The van der Waals surface area contributed by atoms with E-state index < -0.39 is 5.43 Å². The summed E-state index contributed by atoms with van der Waals surface area (Å²) in [5.74, 6) is 0. The van der Waals surface area contributed by atoms with Gasteiger partial charge in [0.25, 0.3) is 0 Å². The third-order valence-electron chi connectivity index (χ3n) is 0.258. The van der Waals surface area contributed by atoms with Crippen molar-refractivity contribution in [2.45, 2.75) is 6.92 Å². The molecule has 3 nitrogen and oxygen atoms in total. The number of carbonyl (C=O) groups is 1. The molecule has 0 aliphatic rings. The molecule has 0 unspecified atom stereocenters. The topological polar surface area (TPSA) is 56.8 Å². The lowest BCUT2D eigenvalue weighted by Gasteiger charge is -1.86. The molecule has 0 bridgehead atoms. The van der Waals surface area contributed by atoms with Crippen molar-refractivity contribution in [1.82, 2.24) is 6.15 Å². The number of carbonyl (C=O) groups excluding carboxylic acids is 1. The van der Waals surface area contributed by atoms with Crippen LogP contribution < -0.4 is 6.15 Å². The van der Waals surface area contributed by atoms with E-state index in [0.717, 1.165) is 0 Å². The normalized spacial score (nSPS) is 6.57. The van der Waals surface area contributed by atoms with Crippen LogP contribution in [0.5, 0.6) is 0 Å². The van der Waals surface area contributed by atoms with E-state index in [0.29, 0.717) is 6.61 Å². The third kappa shape index (κ3) is 10.7. The summed E-state index contributed by atoms with van der Waals surface area (Å²) < 4.78 is 4.17. The Balaban J connectivity index is 0. The zero-order valence-corrected chi connectivity index (χ0v) is 4.60. The molecule has 0 spiro atoms. The molecular weight excluding hydrogens is 117 g/mol. The molecule has 0 aliphatic carbocycles. The monoisotopic (exact) mass is 122 g/mol. The van der Waals surface area contributed by atoms with E-state index >= 15 is 0 Å². The van der Waals surface area contributed by atoms with Gasteiger partial charge in [0.15, 0.2) is 0 Å². The van der Waals surface area contributed by atoms with Crippen molar-refractivity contribution >= 4 is 17.0 Å². The highest BCUT2D eigenvalue weighted by molar-refractivity contribution is 6.61. The van der Waals surface area contributed by atoms with Crippen LogP contribution in [0.15, 0.2) is 0 Å². The fraction of sp³-hybridized carbons (Fsp3) is 0.667. The van der Waals surface area contributed by atoms with Crippen LogP contribution in [0.4, 0.5) is 4.79 Å². The zero-order chi connectivity index (χ0) is 4.99. The summed E-state index contributed by atoms with van der Waals surface area (Å²) in [7, 11) is 0. The average Bonchev–Trinajstić information content (AvgIpc) is 1.35. The maximum atomic E-state index is 9.59. The number of rotatable bonds is 1. The lowest BCUT2D eigenvalue weighted by molar-refractivity contribution is 0.180. The largest absolute Gasteiger partial charge is 0.454 e. The smallest absolute Gasteiger partial charge is 0.403 e. The molecule has 0 saturated heterocycles. The molecule has 0 atom stereocenters. The zero-order valence-electron chi connectivity index (χ0n) is 3.85. The predicted octanol–water partition coefficient (Wildman–Crippen LogP) is 0.901. The summed E-state index contributed by atoms with van der Waals surface area (Å²) in [6, 6.07) is 0. The SMILES string of the molecule is CCOC(=O)Cl.[N]. The number of hydrogen-bond donors (Lipinski definition) is 0. The Labute approximate surface area is 47.2 Å². The molecule has 0 N–H and O–H groups in total. The van der Waals surface area contributed by atoms with Crippen molar-refractivity contribution in [3.63, 3.8) is 0 Å². The van der Waals surface area contributed by atoms with E-state index in [1.165, 1.54) is 0 Å². The number of halogens is 1.